The van der Waals surface area contributed by atoms with Gasteiger partial charge in [-0.1, -0.05) is 6.08 Å². The lowest BCUT2D eigenvalue weighted by molar-refractivity contribution is -0.161. The Morgan fingerprint density at radius 1 is 1.50 bits per heavy atom. The molecule has 1 N–H and O–H groups in total. The van der Waals surface area contributed by atoms with Crippen LogP contribution in [-0.2, 0) is 0 Å². The molecule has 1 atom stereocenters. The lowest BCUT2D eigenvalue weighted by atomic mass is 9.95. The average Bonchev–Trinajstić information content (AvgIpc) is 2.02. The standard InChI is InChI=1S/C9H11F4N/c1-14-5-6-2-7(9(11,12)13)4-8(10)3-6/h2-3,7,14H,4-5H2,1H3. The van der Waals surface area contributed by atoms with Gasteiger partial charge in [0.2, 0.25) is 0 Å². The van der Waals surface area contributed by atoms with E-state index in [-0.39, 0.29) is 6.54 Å². The molecule has 1 aliphatic carbocycles. The van der Waals surface area contributed by atoms with Gasteiger partial charge in [0, 0.05) is 13.0 Å². The van der Waals surface area contributed by atoms with E-state index in [1.807, 2.05) is 0 Å². The Morgan fingerprint density at radius 2 is 2.14 bits per heavy atom. The van der Waals surface area contributed by atoms with Crippen molar-refractivity contribution in [2.24, 2.45) is 5.92 Å². The summed E-state index contributed by atoms with van der Waals surface area (Å²) in [5.74, 6) is -2.39. The second kappa shape index (κ2) is 4.13. The molecule has 0 radical (unpaired) electrons. The normalized spacial score (nSPS) is 23.1. The highest BCUT2D eigenvalue weighted by atomic mass is 19.4. The lowest BCUT2D eigenvalue weighted by Crippen LogP contribution is -2.24. The molecule has 1 unspecified atom stereocenters. The Balaban J connectivity index is 2.80. The number of hydrogen-bond acceptors (Lipinski definition) is 1. The predicted octanol–water partition coefficient (Wildman–Crippen LogP) is 2.57. The summed E-state index contributed by atoms with van der Waals surface area (Å²) in [6.45, 7) is 0.250. The summed E-state index contributed by atoms with van der Waals surface area (Å²) in [7, 11) is 1.60. The monoisotopic (exact) mass is 209 g/mol. The molecule has 0 fully saturated rings. The van der Waals surface area contributed by atoms with Crippen LogP contribution >= 0.6 is 0 Å². The molecule has 1 aliphatic rings. The zero-order valence-corrected chi connectivity index (χ0v) is 7.66. The van der Waals surface area contributed by atoms with Crippen LogP contribution in [0.15, 0.2) is 23.6 Å². The Labute approximate surface area is 79.5 Å². The molecule has 0 aliphatic heterocycles. The van der Waals surface area contributed by atoms with Crippen molar-refractivity contribution < 1.29 is 17.6 Å². The smallest absolute Gasteiger partial charge is 0.316 e. The van der Waals surface area contributed by atoms with Crippen molar-refractivity contribution in [2.45, 2.75) is 12.6 Å². The van der Waals surface area contributed by atoms with Crippen LogP contribution in [0.2, 0.25) is 0 Å². The fourth-order valence-corrected chi connectivity index (χ4v) is 1.36. The van der Waals surface area contributed by atoms with Gasteiger partial charge in [-0.2, -0.15) is 13.2 Å². The maximum absolute atomic E-state index is 12.8. The SMILES string of the molecule is CNCC1=CC(C(F)(F)F)CC(F)=C1. The molecule has 0 heterocycles. The molecule has 5 heteroatoms. The number of rotatable bonds is 2. The van der Waals surface area contributed by atoms with Crippen LogP contribution in [-0.4, -0.2) is 19.8 Å². The third-order valence-electron chi connectivity index (χ3n) is 1.97. The molecule has 14 heavy (non-hydrogen) atoms. The van der Waals surface area contributed by atoms with Crippen LogP contribution in [0.5, 0.6) is 0 Å². The second-order valence-electron chi connectivity index (χ2n) is 3.22. The van der Waals surface area contributed by atoms with Crippen molar-refractivity contribution >= 4 is 0 Å². The molecule has 1 nitrogen and oxygen atoms in total. The van der Waals surface area contributed by atoms with Crippen LogP contribution in [0.3, 0.4) is 0 Å². The average molecular weight is 209 g/mol. The highest BCUT2D eigenvalue weighted by molar-refractivity contribution is 5.28. The summed E-state index contributed by atoms with van der Waals surface area (Å²) in [5, 5.41) is 2.68. The van der Waals surface area contributed by atoms with Gasteiger partial charge in [0.1, 0.15) is 5.83 Å². The van der Waals surface area contributed by atoms with Gasteiger partial charge in [0.25, 0.3) is 0 Å². The van der Waals surface area contributed by atoms with Gasteiger partial charge < -0.3 is 5.32 Å². The number of halogens is 4. The molecule has 0 amide bonds. The maximum atomic E-state index is 12.8. The summed E-state index contributed by atoms with van der Waals surface area (Å²) >= 11 is 0. The molecule has 1 rings (SSSR count). The fraction of sp³-hybridized carbons (Fsp3) is 0.556. The van der Waals surface area contributed by atoms with Gasteiger partial charge in [0.15, 0.2) is 0 Å². The Hall–Kier alpha value is -0.840. The summed E-state index contributed by atoms with van der Waals surface area (Å²) in [5.41, 5.74) is 0.346. The van der Waals surface area contributed by atoms with Crippen molar-refractivity contribution in [2.75, 3.05) is 13.6 Å². The minimum absolute atomic E-state index is 0.250. The molecule has 0 aromatic rings. The predicted molar refractivity (Wildman–Crippen MR) is 45.4 cm³/mol. The second-order valence-corrected chi connectivity index (χ2v) is 3.22. The highest BCUT2D eigenvalue weighted by Crippen LogP contribution is 2.36. The van der Waals surface area contributed by atoms with E-state index in [2.05, 4.69) is 5.32 Å². The molecule has 0 spiro atoms. The molecular formula is C9H11F4N. The molecule has 0 aromatic heterocycles. The Morgan fingerprint density at radius 3 is 2.64 bits per heavy atom. The topological polar surface area (TPSA) is 12.0 Å². The number of nitrogens with one attached hydrogen (secondary N) is 1. The van der Waals surface area contributed by atoms with Crippen LogP contribution in [0.4, 0.5) is 17.6 Å². The Bertz CT molecular complexity index is 264. The first kappa shape index (κ1) is 11.2. The summed E-state index contributed by atoms with van der Waals surface area (Å²) in [4.78, 5) is 0. The zero-order chi connectivity index (χ0) is 10.8. The molecular weight excluding hydrogens is 198 g/mol. The highest BCUT2D eigenvalue weighted by Gasteiger charge is 2.39. The van der Waals surface area contributed by atoms with Gasteiger partial charge in [0.05, 0.1) is 5.92 Å². The van der Waals surface area contributed by atoms with E-state index >= 15 is 0 Å². The van der Waals surface area contributed by atoms with E-state index in [0.717, 1.165) is 12.2 Å². The van der Waals surface area contributed by atoms with E-state index in [1.165, 1.54) is 0 Å². The van der Waals surface area contributed by atoms with Crippen LogP contribution in [0.25, 0.3) is 0 Å². The van der Waals surface area contributed by atoms with Crippen molar-refractivity contribution in [3.8, 4) is 0 Å². The van der Waals surface area contributed by atoms with E-state index in [0.29, 0.717) is 5.57 Å². The number of alkyl halides is 3. The quantitative estimate of drug-likeness (QED) is 0.689. The van der Waals surface area contributed by atoms with Gasteiger partial charge >= 0.3 is 6.18 Å². The van der Waals surface area contributed by atoms with E-state index < -0.39 is 24.3 Å². The van der Waals surface area contributed by atoms with Crippen LogP contribution < -0.4 is 5.32 Å². The third kappa shape index (κ3) is 2.83. The summed E-state index contributed by atoms with van der Waals surface area (Å²) < 4.78 is 49.6. The van der Waals surface area contributed by atoms with Crippen LogP contribution in [0.1, 0.15) is 6.42 Å². The molecule has 80 valence electrons. The molecule has 0 saturated carbocycles. The molecule has 0 saturated heterocycles. The van der Waals surface area contributed by atoms with Crippen molar-refractivity contribution in [1.29, 1.82) is 0 Å². The Kier molecular flexibility index (Phi) is 3.31. The van der Waals surface area contributed by atoms with Crippen molar-refractivity contribution in [1.82, 2.24) is 5.32 Å². The minimum atomic E-state index is -4.36. The van der Waals surface area contributed by atoms with Gasteiger partial charge in [-0.05, 0) is 18.7 Å². The van der Waals surface area contributed by atoms with Crippen LogP contribution in [0, 0.1) is 5.92 Å². The lowest BCUT2D eigenvalue weighted by Gasteiger charge is -2.20. The van der Waals surface area contributed by atoms with Gasteiger partial charge in [-0.25, -0.2) is 4.39 Å². The largest absolute Gasteiger partial charge is 0.395 e. The first-order chi connectivity index (χ1) is 6.43. The maximum Gasteiger partial charge on any atom is 0.395 e. The fourth-order valence-electron chi connectivity index (χ4n) is 1.36. The van der Waals surface area contributed by atoms with E-state index in [4.69, 9.17) is 0 Å². The molecule has 0 aromatic carbocycles. The van der Waals surface area contributed by atoms with Gasteiger partial charge in [-0.15, -0.1) is 0 Å². The zero-order valence-electron chi connectivity index (χ0n) is 7.66. The number of hydrogen-bond donors (Lipinski definition) is 1. The van der Waals surface area contributed by atoms with Crippen molar-refractivity contribution in [3.05, 3.63) is 23.6 Å². The minimum Gasteiger partial charge on any atom is -0.316 e. The van der Waals surface area contributed by atoms with E-state index in [9.17, 15) is 17.6 Å². The van der Waals surface area contributed by atoms with Gasteiger partial charge in [-0.3, -0.25) is 0 Å². The third-order valence-corrected chi connectivity index (χ3v) is 1.97. The van der Waals surface area contributed by atoms with Crippen molar-refractivity contribution in [3.63, 3.8) is 0 Å². The summed E-state index contributed by atoms with van der Waals surface area (Å²) in [6, 6.07) is 0. The molecule has 0 bridgehead atoms. The van der Waals surface area contributed by atoms with E-state index in [1.54, 1.807) is 7.05 Å². The summed E-state index contributed by atoms with van der Waals surface area (Å²) in [6.07, 6.45) is -2.71. The number of likely N-dealkylation sites (N-methyl/N-ethyl adjacent to an activating group) is 1. The first-order valence-electron chi connectivity index (χ1n) is 4.21. The number of allylic oxidation sites excluding steroid dienone is 2. The first-order valence-corrected chi connectivity index (χ1v) is 4.21.